The summed E-state index contributed by atoms with van der Waals surface area (Å²) in [5.41, 5.74) is 16.5. The molecule has 0 atom stereocenters. The minimum Gasteiger partial charge on any atom is -0.397 e. The Morgan fingerprint density at radius 1 is 0.974 bits per heavy atom. The molecule has 1 aliphatic heterocycles. The van der Waals surface area contributed by atoms with E-state index in [1.54, 1.807) is 6.20 Å². The number of piperazine rings is 1. The monoisotopic (exact) mass is 533 g/mol. The predicted molar refractivity (Wildman–Crippen MR) is 162 cm³/mol. The Morgan fingerprint density at radius 2 is 1.59 bits per heavy atom. The number of fused-ring (bicyclic) bond motifs is 1. The third-order valence-electron chi connectivity index (χ3n) is 7.24. The number of carbonyl (C=O) groups excluding carboxylic acids is 1. The van der Waals surface area contributed by atoms with Gasteiger partial charge in [-0.3, -0.25) is 4.79 Å². The summed E-state index contributed by atoms with van der Waals surface area (Å²) in [5, 5.41) is 12.9. The number of amides is 1. The standard InChI is InChI=1S/C19H23N5.C8H12N2O.2C2H6/c1-2-22-9-11-23(12-10-22)17-5-3-15(4-6-17)16-13-19-18(20)7-8-21-24(19)14-16;9-5-6-1-3-7(4-2-6)8(10)11;2*1-2/h3-8,13-14H,2,9-12,20H2,1H3;6-7H,1-4H2,(H2,10,11);2*1-2H3. The molecule has 2 fully saturated rings. The van der Waals surface area contributed by atoms with Gasteiger partial charge in [-0.25, -0.2) is 4.52 Å². The number of primary amides is 1. The van der Waals surface area contributed by atoms with Crippen molar-refractivity contribution in [1.82, 2.24) is 14.5 Å². The summed E-state index contributed by atoms with van der Waals surface area (Å²) in [5.74, 6) is -0.0217. The first kappa shape index (κ1) is 31.6. The Labute approximate surface area is 234 Å². The average Bonchev–Trinajstić information content (AvgIpc) is 3.46. The van der Waals surface area contributed by atoms with E-state index < -0.39 is 0 Å². The van der Waals surface area contributed by atoms with Crippen molar-refractivity contribution in [2.75, 3.05) is 43.4 Å². The van der Waals surface area contributed by atoms with Crippen molar-refractivity contribution < 1.29 is 4.79 Å². The molecule has 5 rings (SSSR count). The number of aromatic nitrogens is 2. The molecule has 0 spiro atoms. The van der Waals surface area contributed by atoms with E-state index in [4.69, 9.17) is 16.7 Å². The van der Waals surface area contributed by atoms with Gasteiger partial charge in [0.1, 0.15) is 0 Å². The lowest BCUT2D eigenvalue weighted by Gasteiger charge is -2.35. The zero-order valence-corrected chi connectivity index (χ0v) is 24.4. The summed E-state index contributed by atoms with van der Waals surface area (Å²) in [4.78, 5) is 15.6. The number of nitrogen functional groups attached to an aromatic ring is 1. The first-order valence-electron chi connectivity index (χ1n) is 14.5. The van der Waals surface area contributed by atoms with Crippen LogP contribution in [0.25, 0.3) is 16.6 Å². The fourth-order valence-corrected chi connectivity index (χ4v) is 4.89. The van der Waals surface area contributed by atoms with Crippen LogP contribution in [0, 0.1) is 23.2 Å². The van der Waals surface area contributed by atoms with E-state index in [1.165, 1.54) is 11.3 Å². The van der Waals surface area contributed by atoms with Crippen LogP contribution >= 0.6 is 0 Å². The largest absolute Gasteiger partial charge is 0.397 e. The van der Waals surface area contributed by atoms with E-state index in [0.29, 0.717) is 0 Å². The topological polar surface area (TPSA) is 117 Å². The molecule has 1 aliphatic carbocycles. The van der Waals surface area contributed by atoms with Crippen molar-refractivity contribution in [1.29, 1.82) is 5.26 Å². The van der Waals surface area contributed by atoms with Crippen LogP contribution in [-0.2, 0) is 4.79 Å². The molecule has 3 heterocycles. The third-order valence-corrected chi connectivity index (χ3v) is 7.24. The van der Waals surface area contributed by atoms with E-state index in [-0.39, 0.29) is 17.7 Å². The highest BCUT2D eigenvalue weighted by molar-refractivity contribution is 5.78. The quantitative estimate of drug-likeness (QED) is 0.452. The second kappa shape index (κ2) is 16.4. The molecule has 8 nitrogen and oxygen atoms in total. The minimum absolute atomic E-state index is 0.0274. The maximum Gasteiger partial charge on any atom is 0.220 e. The van der Waals surface area contributed by atoms with Gasteiger partial charge < -0.3 is 21.3 Å². The lowest BCUT2D eigenvalue weighted by Crippen LogP contribution is -2.46. The van der Waals surface area contributed by atoms with Crippen molar-refractivity contribution in [2.24, 2.45) is 17.6 Å². The van der Waals surface area contributed by atoms with Crippen LogP contribution < -0.4 is 16.4 Å². The Hall–Kier alpha value is -3.57. The van der Waals surface area contributed by atoms with Crippen LogP contribution in [0.1, 0.15) is 60.3 Å². The maximum absolute atomic E-state index is 10.7. The Bertz CT molecular complexity index is 1170. The first-order chi connectivity index (χ1) is 19.0. The highest BCUT2D eigenvalue weighted by Crippen LogP contribution is 2.28. The van der Waals surface area contributed by atoms with E-state index in [0.717, 1.165) is 75.2 Å². The molecular formula is C31H47N7O. The van der Waals surface area contributed by atoms with E-state index in [9.17, 15) is 4.79 Å². The molecule has 2 aromatic heterocycles. The molecule has 3 aromatic rings. The lowest BCUT2D eigenvalue weighted by atomic mass is 9.82. The predicted octanol–water partition coefficient (Wildman–Crippen LogP) is 5.58. The molecule has 0 radical (unpaired) electrons. The van der Waals surface area contributed by atoms with Crippen molar-refractivity contribution in [2.45, 2.75) is 60.3 Å². The molecule has 1 saturated carbocycles. The SMILES string of the molecule is CC.CC.CCN1CCN(c2ccc(-c3cc4c(N)ccnn4c3)cc2)CC1.N#CC1CCC(C(N)=O)CC1. The number of hydrogen-bond donors (Lipinski definition) is 2. The number of nitriles is 1. The number of hydrogen-bond acceptors (Lipinski definition) is 6. The van der Waals surface area contributed by atoms with Gasteiger partial charge in [-0.1, -0.05) is 46.8 Å². The number of likely N-dealkylation sites (N-methyl/N-ethyl adjacent to an activating group) is 1. The van der Waals surface area contributed by atoms with Crippen LogP contribution in [-0.4, -0.2) is 53.1 Å². The van der Waals surface area contributed by atoms with Crippen LogP contribution in [0.2, 0.25) is 0 Å². The first-order valence-corrected chi connectivity index (χ1v) is 14.5. The molecule has 1 aromatic carbocycles. The highest BCUT2D eigenvalue weighted by atomic mass is 16.1. The minimum atomic E-state index is -0.207. The molecule has 0 bridgehead atoms. The van der Waals surface area contributed by atoms with Gasteiger partial charge in [-0.2, -0.15) is 10.4 Å². The van der Waals surface area contributed by atoms with Gasteiger partial charge in [-0.05, 0) is 62.1 Å². The highest BCUT2D eigenvalue weighted by Gasteiger charge is 2.24. The average molecular weight is 534 g/mol. The van der Waals surface area contributed by atoms with Crippen molar-refractivity contribution in [3.05, 3.63) is 48.8 Å². The number of carbonyl (C=O) groups is 1. The number of anilines is 2. The van der Waals surface area contributed by atoms with Gasteiger partial charge in [0.05, 0.1) is 17.3 Å². The molecule has 1 saturated heterocycles. The smallest absolute Gasteiger partial charge is 0.220 e. The molecule has 212 valence electrons. The molecule has 39 heavy (non-hydrogen) atoms. The lowest BCUT2D eigenvalue weighted by molar-refractivity contribution is -0.122. The van der Waals surface area contributed by atoms with Crippen LogP contribution in [0.4, 0.5) is 11.4 Å². The summed E-state index contributed by atoms with van der Waals surface area (Å²) < 4.78 is 1.84. The summed E-state index contributed by atoms with van der Waals surface area (Å²) in [6.45, 7) is 15.9. The summed E-state index contributed by atoms with van der Waals surface area (Å²) >= 11 is 0. The van der Waals surface area contributed by atoms with Crippen LogP contribution in [0.5, 0.6) is 0 Å². The van der Waals surface area contributed by atoms with Gasteiger partial charge in [-0.15, -0.1) is 0 Å². The number of nitrogens with zero attached hydrogens (tertiary/aromatic N) is 5. The summed E-state index contributed by atoms with van der Waals surface area (Å²) in [6, 6.07) is 14.9. The maximum atomic E-state index is 10.7. The van der Waals surface area contributed by atoms with Gasteiger partial charge >= 0.3 is 0 Å². The fourth-order valence-electron chi connectivity index (χ4n) is 4.89. The Morgan fingerprint density at radius 3 is 2.10 bits per heavy atom. The van der Waals surface area contributed by atoms with Crippen LogP contribution in [0.15, 0.2) is 48.8 Å². The van der Waals surface area contributed by atoms with E-state index >= 15 is 0 Å². The second-order valence-electron chi connectivity index (χ2n) is 9.39. The fraction of sp³-hybridized carbons (Fsp3) is 0.516. The van der Waals surface area contributed by atoms with Gasteiger partial charge in [0.25, 0.3) is 0 Å². The summed E-state index contributed by atoms with van der Waals surface area (Å²) in [7, 11) is 0. The van der Waals surface area contributed by atoms with Crippen molar-refractivity contribution >= 4 is 22.8 Å². The molecule has 2 aliphatic rings. The van der Waals surface area contributed by atoms with Crippen LogP contribution in [0.3, 0.4) is 0 Å². The second-order valence-corrected chi connectivity index (χ2v) is 9.39. The molecule has 8 heteroatoms. The van der Waals surface area contributed by atoms with Gasteiger partial charge in [0, 0.05) is 61.7 Å². The zero-order chi connectivity index (χ0) is 28.8. The Kier molecular flexibility index (Phi) is 13.3. The molecule has 0 unspecified atom stereocenters. The molecular weight excluding hydrogens is 486 g/mol. The van der Waals surface area contributed by atoms with E-state index in [1.807, 2.05) is 44.5 Å². The molecule has 1 amide bonds. The normalized spacial score (nSPS) is 18.8. The third kappa shape index (κ3) is 8.72. The molecule has 4 N–H and O–H groups in total. The van der Waals surface area contributed by atoms with Crippen molar-refractivity contribution in [3.8, 4) is 17.2 Å². The van der Waals surface area contributed by atoms with E-state index in [2.05, 4.69) is 58.2 Å². The summed E-state index contributed by atoms with van der Waals surface area (Å²) in [6.07, 6.45) is 7.03. The van der Waals surface area contributed by atoms with Gasteiger partial charge in [0.15, 0.2) is 0 Å². The number of benzene rings is 1. The van der Waals surface area contributed by atoms with Crippen molar-refractivity contribution in [3.63, 3.8) is 0 Å². The Balaban J connectivity index is 0.000000300. The number of rotatable bonds is 4. The van der Waals surface area contributed by atoms with Gasteiger partial charge in [0.2, 0.25) is 5.91 Å². The zero-order valence-electron chi connectivity index (χ0n) is 24.4. The number of nitrogens with two attached hydrogens (primary N) is 2.